The van der Waals surface area contributed by atoms with E-state index in [0.717, 1.165) is 15.7 Å². The third-order valence-corrected chi connectivity index (χ3v) is 4.94. The summed E-state index contributed by atoms with van der Waals surface area (Å²) in [5.41, 5.74) is 0.436. The summed E-state index contributed by atoms with van der Waals surface area (Å²) in [5, 5.41) is 4.31. The molecule has 0 saturated carbocycles. The van der Waals surface area contributed by atoms with Crippen molar-refractivity contribution >= 4 is 22.8 Å². The zero-order valence-corrected chi connectivity index (χ0v) is 16.0. The number of likely N-dealkylation sites (tertiary alicyclic amines) is 1. The molecule has 1 unspecified atom stereocenters. The molecule has 1 aliphatic heterocycles. The number of rotatable bonds is 4. The van der Waals surface area contributed by atoms with Crippen LogP contribution in [0, 0.1) is 5.92 Å². The van der Waals surface area contributed by atoms with Crippen molar-refractivity contribution < 1.29 is 40.7 Å². The molecule has 1 saturated heterocycles. The van der Waals surface area contributed by atoms with Crippen molar-refractivity contribution in [2.24, 2.45) is 5.92 Å². The predicted molar refractivity (Wildman–Crippen MR) is 98.3 cm³/mol. The van der Waals surface area contributed by atoms with Crippen molar-refractivity contribution in [3.05, 3.63) is 48.0 Å². The summed E-state index contributed by atoms with van der Waals surface area (Å²) in [6, 6.07) is 12.5. The number of fused-ring (bicyclic) bond motifs is 1. The van der Waals surface area contributed by atoms with Crippen LogP contribution in [0.5, 0.6) is 0 Å². The molecule has 0 aliphatic carbocycles. The van der Waals surface area contributed by atoms with Gasteiger partial charge in [-0.05, 0) is 29.2 Å². The molecule has 2 amide bonds. The Morgan fingerprint density at radius 1 is 1.03 bits per heavy atom. The topological polar surface area (TPSA) is 58.6 Å². The minimum Gasteiger partial charge on any atom is -0.426 e. The molecule has 1 aliphatic rings. The fraction of sp³-hybridized carbons (Fsp3) is 0.400. The molecule has 168 valence electrons. The summed E-state index contributed by atoms with van der Waals surface area (Å²) in [6.07, 6.45) is -17.1. The smallest absolute Gasteiger partial charge is 0.426 e. The number of nitrogens with zero attached hydrogens (tertiary/aromatic N) is 1. The second-order valence-electron chi connectivity index (χ2n) is 7.18. The van der Waals surface area contributed by atoms with Crippen LogP contribution in [0.2, 0.25) is 0 Å². The van der Waals surface area contributed by atoms with E-state index in [4.69, 9.17) is 0 Å². The van der Waals surface area contributed by atoms with Crippen molar-refractivity contribution in [2.45, 2.75) is 24.9 Å². The molecule has 0 aromatic heterocycles. The van der Waals surface area contributed by atoms with Crippen molar-refractivity contribution in [2.75, 3.05) is 19.6 Å². The molecule has 1 atom stereocenters. The lowest BCUT2D eigenvalue weighted by molar-refractivity contribution is -0.308. The highest BCUT2D eigenvalue weighted by Gasteiger charge is 2.60. The third kappa shape index (κ3) is 5.39. The Morgan fingerprint density at radius 3 is 2.35 bits per heavy atom. The van der Waals surface area contributed by atoms with Gasteiger partial charge >= 0.3 is 18.4 Å². The second-order valence-corrected chi connectivity index (χ2v) is 7.18. The molecule has 11 heteroatoms. The molecule has 2 aromatic rings. The Labute approximate surface area is 172 Å². The first-order valence-electron chi connectivity index (χ1n) is 9.32. The van der Waals surface area contributed by atoms with E-state index in [1.807, 2.05) is 18.2 Å². The first-order chi connectivity index (χ1) is 14.5. The van der Waals surface area contributed by atoms with E-state index in [1.165, 1.54) is 0 Å². The van der Waals surface area contributed by atoms with Gasteiger partial charge in [-0.2, -0.15) is 26.3 Å². The number of halogens is 6. The molecule has 1 fully saturated rings. The summed E-state index contributed by atoms with van der Waals surface area (Å²) in [4.78, 5) is 25.1. The Balaban J connectivity index is 1.56. The average Bonchev–Trinajstić information content (AvgIpc) is 3.17. The minimum absolute atomic E-state index is 0.0733. The number of amides is 2. The van der Waals surface area contributed by atoms with E-state index in [9.17, 15) is 35.9 Å². The van der Waals surface area contributed by atoms with Gasteiger partial charge in [0.05, 0.1) is 0 Å². The maximum Gasteiger partial charge on any atom is 0.434 e. The zero-order valence-electron chi connectivity index (χ0n) is 16.0. The number of carbonyl (C=O) groups is 2. The van der Waals surface area contributed by atoms with Crippen LogP contribution in [0.1, 0.15) is 16.8 Å². The second kappa shape index (κ2) is 8.64. The highest BCUT2D eigenvalue weighted by atomic mass is 19.4. The summed E-state index contributed by atoms with van der Waals surface area (Å²) < 4.78 is 79.1. The van der Waals surface area contributed by atoms with Gasteiger partial charge in [0, 0.05) is 25.2 Å². The van der Waals surface area contributed by atoms with Crippen LogP contribution in [-0.2, 0) is 4.74 Å². The summed E-state index contributed by atoms with van der Waals surface area (Å²) >= 11 is 0. The highest BCUT2D eigenvalue weighted by molar-refractivity contribution is 6.07. The van der Waals surface area contributed by atoms with Crippen molar-refractivity contribution in [3.8, 4) is 0 Å². The summed E-state index contributed by atoms with van der Waals surface area (Å²) in [7, 11) is 0. The van der Waals surface area contributed by atoms with E-state index in [-0.39, 0.29) is 31.5 Å². The highest BCUT2D eigenvalue weighted by Crippen LogP contribution is 2.36. The fourth-order valence-corrected chi connectivity index (χ4v) is 3.42. The van der Waals surface area contributed by atoms with Crippen LogP contribution in [0.3, 0.4) is 0 Å². The van der Waals surface area contributed by atoms with Gasteiger partial charge in [-0.25, -0.2) is 4.79 Å². The number of benzene rings is 2. The number of ether oxygens (including phenoxy) is 1. The lowest BCUT2D eigenvalue weighted by Crippen LogP contribution is -2.48. The molecular weight excluding hydrogens is 430 g/mol. The molecule has 0 bridgehead atoms. The van der Waals surface area contributed by atoms with Gasteiger partial charge < -0.3 is 15.0 Å². The summed E-state index contributed by atoms with van der Waals surface area (Å²) in [5.74, 6) is -0.700. The van der Waals surface area contributed by atoms with E-state index in [2.05, 4.69) is 10.1 Å². The lowest BCUT2D eigenvalue weighted by atomic mass is 10.0. The quantitative estimate of drug-likeness (QED) is 0.700. The Hall–Kier alpha value is -2.98. The molecule has 1 N–H and O–H groups in total. The van der Waals surface area contributed by atoms with Crippen LogP contribution in [-0.4, -0.2) is 55.0 Å². The van der Waals surface area contributed by atoms with Gasteiger partial charge in [0.25, 0.3) is 12.0 Å². The molecule has 31 heavy (non-hydrogen) atoms. The lowest BCUT2D eigenvalue weighted by Gasteiger charge is -2.25. The van der Waals surface area contributed by atoms with Crippen LogP contribution in [0.15, 0.2) is 42.5 Å². The molecule has 0 spiro atoms. The number of alkyl halides is 6. The van der Waals surface area contributed by atoms with Gasteiger partial charge in [0.15, 0.2) is 0 Å². The molecule has 3 rings (SSSR count). The number of nitrogens with one attached hydrogen (secondary N) is 1. The van der Waals surface area contributed by atoms with E-state index < -0.39 is 24.5 Å². The first-order valence-corrected chi connectivity index (χ1v) is 9.32. The molecule has 1 heterocycles. The van der Waals surface area contributed by atoms with E-state index in [0.29, 0.717) is 12.0 Å². The molecular formula is C20H18F6N2O3. The van der Waals surface area contributed by atoms with Gasteiger partial charge in [0.2, 0.25) is 0 Å². The van der Waals surface area contributed by atoms with E-state index in [1.54, 1.807) is 24.3 Å². The first kappa shape index (κ1) is 22.7. The maximum atomic E-state index is 12.6. The van der Waals surface area contributed by atoms with Gasteiger partial charge in [-0.1, -0.05) is 36.4 Å². The van der Waals surface area contributed by atoms with Crippen molar-refractivity contribution in [3.63, 3.8) is 0 Å². The zero-order chi connectivity index (χ0) is 22.8. The van der Waals surface area contributed by atoms with Gasteiger partial charge in [-0.3, -0.25) is 4.79 Å². The number of hydrogen-bond acceptors (Lipinski definition) is 3. The van der Waals surface area contributed by atoms with Crippen LogP contribution in [0.25, 0.3) is 10.8 Å². The van der Waals surface area contributed by atoms with Crippen LogP contribution < -0.4 is 5.32 Å². The maximum absolute atomic E-state index is 12.6. The largest absolute Gasteiger partial charge is 0.434 e. The molecule has 0 radical (unpaired) electrons. The minimum atomic E-state index is -5.76. The van der Waals surface area contributed by atoms with Crippen LogP contribution in [0.4, 0.5) is 31.1 Å². The molecule has 2 aromatic carbocycles. The van der Waals surface area contributed by atoms with Crippen LogP contribution >= 0.6 is 0 Å². The number of hydrogen-bond donors (Lipinski definition) is 1. The fourth-order valence-electron chi connectivity index (χ4n) is 3.42. The van der Waals surface area contributed by atoms with Crippen molar-refractivity contribution in [1.82, 2.24) is 10.2 Å². The number of carbonyl (C=O) groups excluding carboxylic acids is 2. The van der Waals surface area contributed by atoms with Gasteiger partial charge in [0.1, 0.15) is 0 Å². The molecule has 5 nitrogen and oxygen atoms in total. The Bertz CT molecular complexity index is 941. The average molecular weight is 448 g/mol. The normalized spacial score (nSPS) is 17.3. The standard InChI is InChI=1S/C20H18F6N2O3/c21-19(22,23)17(20(24,25)26)31-18(30)28-9-8-12(11-28)10-27-16(29)15-7-3-5-13-4-1-2-6-14(13)15/h1-7,12,17H,8-11H2,(H,27,29). The Kier molecular flexibility index (Phi) is 6.33. The SMILES string of the molecule is O=C(NCC1CCN(C(=O)OC(C(F)(F)F)C(F)(F)F)C1)c1cccc2ccccc12. The van der Waals surface area contributed by atoms with Gasteiger partial charge in [-0.15, -0.1) is 0 Å². The summed E-state index contributed by atoms with van der Waals surface area (Å²) in [6.45, 7) is -0.0963. The predicted octanol–water partition coefficient (Wildman–Crippen LogP) is 4.52. The Morgan fingerprint density at radius 2 is 1.68 bits per heavy atom. The monoisotopic (exact) mass is 448 g/mol. The van der Waals surface area contributed by atoms with Crippen molar-refractivity contribution in [1.29, 1.82) is 0 Å². The van der Waals surface area contributed by atoms with E-state index >= 15 is 0 Å². The third-order valence-electron chi connectivity index (χ3n) is 4.94.